The third-order valence-corrected chi connectivity index (χ3v) is 16.9. The van der Waals surface area contributed by atoms with Crippen LogP contribution in [0.15, 0.2) is 279 Å². The van der Waals surface area contributed by atoms with Crippen molar-refractivity contribution in [1.82, 2.24) is 4.98 Å². The Morgan fingerprint density at radius 3 is 0.892 bits per heavy atom. The summed E-state index contributed by atoms with van der Waals surface area (Å²) in [6, 6.07) is 103. The lowest BCUT2D eigenvalue weighted by atomic mass is 9.33. The van der Waals surface area contributed by atoms with Crippen molar-refractivity contribution in [2.45, 2.75) is 52.4 Å². The highest BCUT2D eigenvalue weighted by molar-refractivity contribution is 7.00. The highest BCUT2D eigenvalue weighted by Gasteiger charge is 2.45. The molecule has 0 atom stereocenters. The summed E-state index contributed by atoms with van der Waals surface area (Å²) in [5.41, 5.74) is 28.4. The lowest BCUT2D eigenvalue weighted by Crippen LogP contribution is -2.61. The number of hydrogen-bond acceptors (Lipinski definition) is 3. The molecular formula is C79H64BN3. The van der Waals surface area contributed by atoms with Crippen molar-refractivity contribution in [3.8, 4) is 78.1 Å². The van der Waals surface area contributed by atoms with Crippen molar-refractivity contribution in [1.29, 1.82) is 0 Å². The first-order valence-electron chi connectivity index (χ1n) is 29.1. The third-order valence-electron chi connectivity index (χ3n) is 16.9. The summed E-state index contributed by atoms with van der Waals surface area (Å²) >= 11 is 0. The zero-order valence-corrected chi connectivity index (χ0v) is 48.0. The molecule has 2 aliphatic heterocycles. The van der Waals surface area contributed by atoms with E-state index in [1.807, 2.05) is 0 Å². The van der Waals surface area contributed by atoms with Crippen molar-refractivity contribution in [2.24, 2.45) is 0 Å². The fourth-order valence-electron chi connectivity index (χ4n) is 12.5. The highest BCUT2D eigenvalue weighted by atomic mass is 15.2. The van der Waals surface area contributed by atoms with E-state index in [9.17, 15) is 0 Å². The molecule has 14 rings (SSSR count). The van der Waals surface area contributed by atoms with Crippen LogP contribution in [-0.2, 0) is 10.8 Å². The number of anilines is 6. The van der Waals surface area contributed by atoms with Crippen molar-refractivity contribution in [3.05, 3.63) is 290 Å². The van der Waals surface area contributed by atoms with Crippen LogP contribution in [0.4, 0.5) is 34.1 Å². The smallest absolute Gasteiger partial charge is 0.252 e. The third kappa shape index (κ3) is 9.64. The summed E-state index contributed by atoms with van der Waals surface area (Å²) in [4.78, 5) is 10.9. The molecule has 398 valence electrons. The molecule has 0 aliphatic carbocycles. The second-order valence-electron chi connectivity index (χ2n) is 24.4. The van der Waals surface area contributed by atoms with Gasteiger partial charge >= 0.3 is 0 Å². The van der Waals surface area contributed by atoms with E-state index in [2.05, 4.69) is 330 Å². The largest absolute Gasteiger partial charge is 0.311 e. The molecule has 0 unspecified atom stereocenters. The highest BCUT2D eigenvalue weighted by Crippen LogP contribution is 2.49. The van der Waals surface area contributed by atoms with Crippen molar-refractivity contribution in [3.63, 3.8) is 0 Å². The average Bonchev–Trinajstić information content (AvgIpc) is 1.47. The first-order valence-corrected chi connectivity index (χ1v) is 29.1. The van der Waals surface area contributed by atoms with Gasteiger partial charge in [-0.3, -0.25) is 0 Å². The zero-order chi connectivity index (χ0) is 56.4. The second kappa shape index (κ2) is 20.6. The number of aromatic nitrogens is 1. The molecule has 4 heteroatoms. The summed E-state index contributed by atoms with van der Waals surface area (Å²) in [6.45, 7) is 13.9. The summed E-state index contributed by atoms with van der Waals surface area (Å²) in [5, 5.41) is 0. The minimum Gasteiger partial charge on any atom is -0.311 e. The normalized spacial score (nSPS) is 12.6. The van der Waals surface area contributed by atoms with Crippen LogP contribution in [0.5, 0.6) is 0 Å². The maximum absolute atomic E-state index is 5.70. The predicted octanol–water partition coefficient (Wildman–Crippen LogP) is 19.4. The molecule has 3 heterocycles. The number of pyridine rings is 1. The van der Waals surface area contributed by atoms with E-state index in [0.29, 0.717) is 0 Å². The van der Waals surface area contributed by atoms with Crippen LogP contribution in [-0.4, -0.2) is 11.7 Å². The van der Waals surface area contributed by atoms with Gasteiger partial charge in [-0.15, -0.1) is 0 Å². The Bertz CT molecular complexity index is 3980. The molecule has 0 spiro atoms. The topological polar surface area (TPSA) is 19.4 Å². The molecule has 0 N–H and O–H groups in total. The van der Waals surface area contributed by atoms with Gasteiger partial charge in [0.1, 0.15) is 0 Å². The summed E-state index contributed by atoms with van der Waals surface area (Å²) in [5.74, 6) is 0. The van der Waals surface area contributed by atoms with Gasteiger partial charge in [-0.05, 0) is 167 Å². The van der Waals surface area contributed by atoms with Gasteiger partial charge in [0.2, 0.25) is 0 Å². The molecule has 83 heavy (non-hydrogen) atoms. The van der Waals surface area contributed by atoms with Gasteiger partial charge in [0.05, 0.1) is 11.4 Å². The number of benzene rings is 11. The van der Waals surface area contributed by atoms with Gasteiger partial charge in [-0.1, -0.05) is 248 Å². The van der Waals surface area contributed by atoms with Gasteiger partial charge in [0, 0.05) is 45.3 Å². The molecule has 11 aromatic carbocycles. The lowest BCUT2D eigenvalue weighted by molar-refractivity contribution is 0.590. The summed E-state index contributed by atoms with van der Waals surface area (Å²) in [6.07, 6.45) is 0. The van der Waals surface area contributed by atoms with Gasteiger partial charge < -0.3 is 9.80 Å². The fourth-order valence-corrected chi connectivity index (χ4v) is 12.5. The van der Waals surface area contributed by atoms with Gasteiger partial charge in [-0.2, -0.15) is 0 Å². The van der Waals surface area contributed by atoms with Crippen LogP contribution in [0.25, 0.3) is 78.1 Å². The molecule has 0 saturated heterocycles. The van der Waals surface area contributed by atoms with Crippen molar-refractivity contribution < 1.29 is 0 Å². The lowest BCUT2D eigenvalue weighted by Gasteiger charge is -2.45. The molecule has 0 radical (unpaired) electrons. The van der Waals surface area contributed by atoms with Crippen LogP contribution in [0.2, 0.25) is 0 Å². The Morgan fingerprint density at radius 2 is 0.566 bits per heavy atom. The average molecular weight is 1070 g/mol. The van der Waals surface area contributed by atoms with Crippen LogP contribution in [0.3, 0.4) is 0 Å². The quantitative estimate of drug-likeness (QED) is 0.134. The second-order valence-corrected chi connectivity index (χ2v) is 24.4. The Labute approximate surface area is 490 Å². The standard InChI is InChI=1S/C79H64BN3/c1-78(2,3)65-37-39-73-69(51-65)80-70-52-66(79(4,5)6)38-40-74(70)83(68-45-61(55-29-17-9-18-30-55)42-62(46-68)56-31-19-10-20-32-56)76-50-64(72-48-63(57-33-21-11-22-34-57)47-71(81-72)58-35-23-12-24-36-58)49-75(77(76)80)82(73)67-43-59(53-25-13-7-14-26-53)41-60(44-67)54-27-15-8-16-28-54/h7-52H,1-6H3. The Morgan fingerprint density at radius 1 is 0.265 bits per heavy atom. The predicted molar refractivity (Wildman–Crippen MR) is 354 cm³/mol. The molecule has 0 amide bonds. The molecule has 0 bridgehead atoms. The maximum atomic E-state index is 5.70. The van der Waals surface area contributed by atoms with Crippen LogP contribution < -0.4 is 26.2 Å². The van der Waals surface area contributed by atoms with E-state index in [0.717, 1.165) is 112 Å². The monoisotopic (exact) mass is 1070 g/mol. The molecule has 1 aromatic heterocycles. The SMILES string of the molecule is CC(C)(C)c1ccc2c(c1)B1c3cc(C(C)(C)C)ccc3N(c3cc(-c4ccccc4)cc(-c4ccccc4)c3)c3cc(-c4cc(-c5ccccc5)cc(-c5ccccc5)n4)cc(c31)N2c1cc(-c2ccccc2)cc(-c2ccccc2)c1. The number of hydrogen-bond donors (Lipinski definition) is 0. The van der Waals surface area contributed by atoms with Crippen molar-refractivity contribution in [2.75, 3.05) is 9.80 Å². The molecule has 0 saturated carbocycles. The Balaban J connectivity index is 1.14. The van der Waals surface area contributed by atoms with Gasteiger partial charge in [0.15, 0.2) is 0 Å². The van der Waals surface area contributed by atoms with Gasteiger partial charge in [-0.25, -0.2) is 4.98 Å². The van der Waals surface area contributed by atoms with E-state index in [1.54, 1.807) is 0 Å². The Kier molecular flexibility index (Phi) is 12.8. The molecule has 0 fully saturated rings. The minimum atomic E-state index is -0.128. The molecule has 3 nitrogen and oxygen atoms in total. The van der Waals surface area contributed by atoms with E-state index in [-0.39, 0.29) is 17.5 Å². The molecule has 2 aliphatic rings. The van der Waals surface area contributed by atoms with Crippen LogP contribution in [0, 0.1) is 0 Å². The van der Waals surface area contributed by atoms with Crippen LogP contribution >= 0.6 is 0 Å². The van der Waals surface area contributed by atoms with Crippen LogP contribution in [0.1, 0.15) is 52.7 Å². The van der Waals surface area contributed by atoms with E-state index < -0.39 is 0 Å². The zero-order valence-electron chi connectivity index (χ0n) is 48.0. The number of nitrogens with zero attached hydrogens (tertiary/aromatic N) is 3. The van der Waals surface area contributed by atoms with E-state index in [4.69, 9.17) is 4.98 Å². The van der Waals surface area contributed by atoms with Gasteiger partial charge in [0.25, 0.3) is 6.71 Å². The first kappa shape index (κ1) is 51.4. The van der Waals surface area contributed by atoms with E-state index >= 15 is 0 Å². The summed E-state index contributed by atoms with van der Waals surface area (Å²) in [7, 11) is 0. The van der Waals surface area contributed by atoms with Crippen molar-refractivity contribution >= 4 is 57.2 Å². The first-order chi connectivity index (χ1) is 40.4. The number of rotatable bonds is 9. The van der Waals surface area contributed by atoms with E-state index in [1.165, 1.54) is 27.5 Å². The Hall–Kier alpha value is -9.77. The maximum Gasteiger partial charge on any atom is 0.252 e. The molecule has 12 aromatic rings. The summed E-state index contributed by atoms with van der Waals surface area (Å²) < 4.78 is 0. The minimum absolute atomic E-state index is 0.116. The number of fused-ring (bicyclic) bond motifs is 4. The fraction of sp³-hybridized carbons (Fsp3) is 0.101. The molecular weight excluding hydrogens is 1000 g/mol.